The number of carbonyl (C=O) groups excluding carboxylic acids is 1. The van der Waals surface area contributed by atoms with Crippen LogP contribution in [-0.4, -0.2) is 28.8 Å². The maximum atomic E-state index is 13.1. The lowest BCUT2D eigenvalue weighted by molar-refractivity contribution is 0.104. The number of aromatic amines is 1. The van der Waals surface area contributed by atoms with E-state index in [0.29, 0.717) is 16.6 Å². The van der Waals surface area contributed by atoms with Crippen molar-refractivity contribution in [1.82, 2.24) is 9.88 Å². The number of hydrogen-bond donors (Lipinski definition) is 1. The number of nitrogens with zero attached hydrogens (tertiary/aromatic N) is 1. The van der Waals surface area contributed by atoms with E-state index >= 15 is 0 Å². The lowest BCUT2D eigenvalue weighted by atomic mass is 10.0. The Hall–Kier alpha value is -2.72. The number of ketones is 1. The molecule has 1 saturated heterocycles. The first-order valence-corrected chi connectivity index (χ1v) is 7.78. The molecule has 0 saturated carbocycles. The molecule has 0 atom stereocenters. The molecule has 0 spiro atoms. The molecule has 2 aliphatic rings. The maximum absolute atomic E-state index is 13.1. The van der Waals surface area contributed by atoms with Gasteiger partial charge in [-0.2, -0.15) is 0 Å². The van der Waals surface area contributed by atoms with Gasteiger partial charge in [0.25, 0.3) is 5.56 Å². The van der Waals surface area contributed by atoms with Crippen LogP contribution in [0.1, 0.15) is 21.5 Å². The van der Waals surface area contributed by atoms with Gasteiger partial charge in [-0.25, -0.2) is 0 Å². The molecule has 23 heavy (non-hydrogen) atoms. The van der Waals surface area contributed by atoms with Crippen molar-refractivity contribution in [2.75, 3.05) is 13.1 Å². The van der Waals surface area contributed by atoms with Crippen molar-refractivity contribution in [2.45, 2.75) is 6.54 Å². The van der Waals surface area contributed by atoms with Crippen molar-refractivity contribution in [3.63, 3.8) is 0 Å². The molecule has 1 N–H and O–H groups in total. The molecule has 0 radical (unpaired) electrons. The standard InChI is InChI=1S/C19H14N2O2/c22-18-15-11(10-21-8-9-21)4-3-7-14(15)17-16(18)12-5-1-2-6-13(12)19(23)20-17/h1-7H,8-10H2,(H,20,23). The van der Waals surface area contributed by atoms with Gasteiger partial charge in [0.1, 0.15) is 0 Å². The fraction of sp³-hybridized carbons (Fsp3) is 0.158. The number of carbonyl (C=O) groups is 1. The highest BCUT2D eigenvalue weighted by Gasteiger charge is 2.33. The average molecular weight is 302 g/mol. The quantitative estimate of drug-likeness (QED) is 0.579. The Morgan fingerprint density at radius 3 is 2.48 bits per heavy atom. The minimum Gasteiger partial charge on any atom is -0.321 e. The third-order valence-electron chi connectivity index (χ3n) is 4.74. The van der Waals surface area contributed by atoms with Crippen molar-refractivity contribution < 1.29 is 4.79 Å². The number of rotatable bonds is 2. The first kappa shape index (κ1) is 12.8. The van der Waals surface area contributed by atoms with Gasteiger partial charge < -0.3 is 4.98 Å². The Balaban J connectivity index is 1.83. The van der Waals surface area contributed by atoms with Crippen LogP contribution in [-0.2, 0) is 6.54 Å². The van der Waals surface area contributed by atoms with Crippen LogP contribution >= 0.6 is 0 Å². The molecule has 1 aliphatic carbocycles. The minimum absolute atomic E-state index is 0.0277. The number of hydrogen-bond acceptors (Lipinski definition) is 3. The largest absolute Gasteiger partial charge is 0.321 e. The summed E-state index contributed by atoms with van der Waals surface area (Å²) in [5, 5.41) is 1.31. The molecule has 2 aromatic carbocycles. The van der Waals surface area contributed by atoms with E-state index in [4.69, 9.17) is 0 Å². The Morgan fingerprint density at radius 1 is 0.913 bits per heavy atom. The minimum atomic E-state index is -0.142. The first-order chi connectivity index (χ1) is 11.2. The zero-order chi connectivity index (χ0) is 15.6. The SMILES string of the molecule is O=C1c2c(CN3CC3)cccc2-c2[nH]c(=O)c3ccccc3c21. The second kappa shape index (κ2) is 4.40. The van der Waals surface area contributed by atoms with Crippen molar-refractivity contribution >= 4 is 16.6 Å². The third kappa shape index (κ3) is 1.75. The summed E-state index contributed by atoms with van der Waals surface area (Å²) in [6, 6.07) is 13.2. The zero-order valence-corrected chi connectivity index (χ0v) is 12.4. The van der Waals surface area contributed by atoms with E-state index in [9.17, 15) is 9.59 Å². The topological polar surface area (TPSA) is 52.9 Å². The van der Waals surface area contributed by atoms with E-state index in [2.05, 4.69) is 9.88 Å². The number of aromatic nitrogens is 1. The summed E-state index contributed by atoms with van der Waals surface area (Å²) in [5.41, 5.74) is 3.81. The zero-order valence-electron chi connectivity index (χ0n) is 12.4. The lowest BCUT2D eigenvalue weighted by Gasteiger charge is -2.07. The van der Waals surface area contributed by atoms with E-state index < -0.39 is 0 Å². The molecule has 4 nitrogen and oxygen atoms in total. The van der Waals surface area contributed by atoms with E-state index in [1.165, 1.54) is 0 Å². The smallest absolute Gasteiger partial charge is 0.256 e. The monoisotopic (exact) mass is 302 g/mol. The van der Waals surface area contributed by atoms with E-state index in [1.807, 2.05) is 36.4 Å². The highest BCUT2D eigenvalue weighted by Crippen LogP contribution is 2.39. The van der Waals surface area contributed by atoms with E-state index in [1.54, 1.807) is 6.07 Å². The molecule has 3 aromatic rings. The predicted octanol–water partition coefficient (Wildman–Crippen LogP) is 2.56. The highest BCUT2D eigenvalue weighted by atomic mass is 16.1. The van der Waals surface area contributed by atoms with Crippen molar-refractivity contribution in [2.24, 2.45) is 0 Å². The molecule has 112 valence electrons. The van der Waals surface area contributed by atoms with Gasteiger partial charge in [-0.3, -0.25) is 14.5 Å². The second-order valence-corrected chi connectivity index (χ2v) is 6.19. The molecule has 1 fully saturated rings. The Morgan fingerprint density at radius 2 is 1.70 bits per heavy atom. The van der Waals surface area contributed by atoms with Gasteiger partial charge in [-0.05, 0) is 11.6 Å². The van der Waals surface area contributed by atoms with Crippen LogP contribution in [0.15, 0.2) is 47.3 Å². The van der Waals surface area contributed by atoms with Crippen molar-refractivity contribution in [1.29, 1.82) is 0 Å². The van der Waals surface area contributed by atoms with Crippen LogP contribution in [0.3, 0.4) is 0 Å². The summed E-state index contributed by atoms with van der Waals surface area (Å²) in [5.74, 6) is 0.0277. The maximum Gasteiger partial charge on any atom is 0.256 e. The van der Waals surface area contributed by atoms with Crippen LogP contribution < -0.4 is 5.56 Å². The molecule has 1 aliphatic heterocycles. The molecule has 2 heterocycles. The average Bonchev–Trinajstić information content (AvgIpc) is 3.33. The molecule has 0 bridgehead atoms. The molecule has 5 rings (SSSR count). The van der Waals surface area contributed by atoms with Gasteiger partial charge in [-0.15, -0.1) is 0 Å². The van der Waals surface area contributed by atoms with Crippen molar-refractivity contribution in [3.8, 4) is 11.3 Å². The summed E-state index contributed by atoms with van der Waals surface area (Å²) in [6.45, 7) is 2.97. The summed E-state index contributed by atoms with van der Waals surface area (Å²) < 4.78 is 0. The predicted molar refractivity (Wildman–Crippen MR) is 88.7 cm³/mol. The highest BCUT2D eigenvalue weighted by molar-refractivity contribution is 6.27. The summed E-state index contributed by atoms with van der Waals surface area (Å²) in [4.78, 5) is 30.7. The lowest BCUT2D eigenvalue weighted by Crippen LogP contribution is -2.10. The van der Waals surface area contributed by atoms with Crippen molar-refractivity contribution in [3.05, 3.63) is 69.5 Å². The fourth-order valence-corrected chi connectivity index (χ4v) is 3.52. The Kier molecular flexibility index (Phi) is 2.44. The second-order valence-electron chi connectivity index (χ2n) is 6.19. The molecule has 1 aromatic heterocycles. The fourth-order valence-electron chi connectivity index (χ4n) is 3.52. The number of fused-ring (bicyclic) bond motifs is 5. The molecule has 0 unspecified atom stereocenters. The third-order valence-corrected chi connectivity index (χ3v) is 4.74. The van der Waals surface area contributed by atoms with Crippen LogP contribution in [0.4, 0.5) is 0 Å². The van der Waals surface area contributed by atoms with Gasteiger partial charge >= 0.3 is 0 Å². The number of nitrogens with one attached hydrogen (secondary N) is 1. The van der Waals surface area contributed by atoms with Crippen LogP contribution in [0.25, 0.3) is 22.0 Å². The summed E-state index contributed by atoms with van der Waals surface area (Å²) in [6.07, 6.45) is 0. The van der Waals surface area contributed by atoms with E-state index in [-0.39, 0.29) is 11.3 Å². The first-order valence-electron chi connectivity index (χ1n) is 7.78. The van der Waals surface area contributed by atoms with Crippen LogP contribution in [0, 0.1) is 0 Å². The molecule has 0 amide bonds. The van der Waals surface area contributed by atoms with Gasteiger partial charge in [0.05, 0.1) is 11.3 Å². The number of pyridine rings is 1. The normalized spacial score (nSPS) is 15.7. The number of H-pyrrole nitrogens is 1. The Labute approximate surface area is 132 Å². The van der Waals surface area contributed by atoms with Gasteiger partial charge in [0.2, 0.25) is 0 Å². The van der Waals surface area contributed by atoms with Gasteiger partial charge in [0.15, 0.2) is 5.78 Å². The molecular weight excluding hydrogens is 288 g/mol. The molecular formula is C19H14N2O2. The number of benzene rings is 2. The molecule has 4 heteroatoms. The van der Waals surface area contributed by atoms with Crippen LogP contribution in [0.2, 0.25) is 0 Å². The summed E-state index contributed by atoms with van der Waals surface area (Å²) in [7, 11) is 0. The van der Waals surface area contributed by atoms with Gasteiger partial charge in [-0.1, -0.05) is 36.4 Å². The van der Waals surface area contributed by atoms with Crippen LogP contribution in [0.5, 0.6) is 0 Å². The Bertz CT molecular complexity index is 1040. The van der Waals surface area contributed by atoms with E-state index in [0.717, 1.165) is 41.7 Å². The van der Waals surface area contributed by atoms with Gasteiger partial charge in [0, 0.05) is 41.5 Å². The summed E-state index contributed by atoms with van der Waals surface area (Å²) >= 11 is 0.